The molecule has 1 saturated carbocycles. The summed E-state index contributed by atoms with van der Waals surface area (Å²) in [7, 11) is 0. The van der Waals surface area contributed by atoms with Gasteiger partial charge in [-0.15, -0.1) is 0 Å². The average Bonchev–Trinajstić information content (AvgIpc) is 3.95. The first-order valence-electron chi connectivity index (χ1n) is 18.7. The molecule has 3 aliphatic carbocycles. The number of ketones is 2. The van der Waals surface area contributed by atoms with Crippen molar-refractivity contribution in [2.24, 2.45) is 17.3 Å². The SMILES string of the molecule is CCCCC[C@@H]1O[C@@H]2C3=C(C(=O)[C@@H]4O[C@@]45C[C@H](O)C(C)(C)O[C@H]35)[C@H]1[C@H]1[C@H](CCCCC)OC=C3[C@@H]4OC(C)(C)[C@@H](O)C[C@@]45O[C@H]5C(=O)[C@@]312. The molecule has 7 aliphatic heterocycles. The van der Waals surface area contributed by atoms with E-state index in [9.17, 15) is 15.0 Å². The van der Waals surface area contributed by atoms with Gasteiger partial charge in [-0.05, 0) is 52.5 Å². The highest BCUT2D eigenvalue weighted by atomic mass is 16.7. The number of carbonyl (C=O) groups excluding carboxylic acids is 2. The molecule has 0 radical (unpaired) electrons. The highest BCUT2D eigenvalue weighted by Gasteiger charge is 2.86. The molecular formula is C38H52O10. The molecule has 2 N–H and O–H groups in total. The quantitative estimate of drug-likeness (QED) is 0.288. The highest BCUT2D eigenvalue weighted by Crippen LogP contribution is 2.73. The molecule has 2 bridgehead atoms. The summed E-state index contributed by atoms with van der Waals surface area (Å²) in [6.45, 7) is 11.9. The Labute approximate surface area is 282 Å². The maximum Gasteiger partial charge on any atom is 0.191 e. The number of ether oxygens (including phenoxy) is 6. The van der Waals surface area contributed by atoms with Crippen molar-refractivity contribution in [2.75, 3.05) is 0 Å². The number of rotatable bonds is 8. The van der Waals surface area contributed by atoms with Crippen LogP contribution < -0.4 is 0 Å². The van der Waals surface area contributed by atoms with Crippen LogP contribution in [0.4, 0.5) is 0 Å². The van der Waals surface area contributed by atoms with E-state index in [0.29, 0.717) is 11.1 Å². The van der Waals surface area contributed by atoms with E-state index in [1.54, 1.807) is 6.26 Å². The van der Waals surface area contributed by atoms with Gasteiger partial charge in [0.15, 0.2) is 17.7 Å². The number of epoxide rings is 2. The van der Waals surface area contributed by atoms with Gasteiger partial charge in [0.1, 0.15) is 35.6 Å². The van der Waals surface area contributed by atoms with E-state index in [2.05, 4.69) is 13.8 Å². The number of aliphatic hydroxyl groups is 2. The second-order valence-electron chi connectivity index (χ2n) is 17.4. The summed E-state index contributed by atoms with van der Waals surface area (Å²) in [5.41, 5.74) is -2.75. The molecule has 48 heavy (non-hydrogen) atoms. The van der Waals surface area contributed by atoms with Crippen molar-refractivity contribution in [3.05, 3.63) is 23.0 Å². The third-order valence-electron chi connectivity index (χ3n) is 13.9. The fraction of sp³-hybridized carbons (Fsp3) is 0.842. The first kappa shape index (κ1) is 32.3. The van der Waals surface area contributed by atoms with Crippen molar-refractivity contribution in [3.8, 4) is 0 Å². The Bertz CT molecular complexity index is 1500. The zero-order valence-corrected chi connectivity index (χ0v) is 29.2. The van der Waals surface area contributed by atoms with Crippen LogP contribution in [0.5, 0.6) is 0 Å². The summed E-state index contributed by atoms with van der Waals surface area (Å²) >= 11 is 0. The van der Waals surface area contributed by atoms with Crippen LogP contribution in [0, 0.1) is 17.3 Å². The number of fused-ring (bicyclic) bond motifs is 2. The van der Waals surface area contributed by atoms with Gasteiger partial charge in [-0.2, -0.15) is 0 Å². The summed E-state index contributed by atoms with van der Waals surface area (Å²) < 4.78 is 40.3. The Hall–Kier alpha value is -1.66. The third kappa shape index (κ3) is 3.84. The zero-order valence-electron chi connectivity index (χ0n) is 29.2. The molecular weight excluding hydrogens is 616 g/mol. The Morgan fingerprint density at radius 2 is 1.31 bits per heavy atom. The van der Waals surface area contributed by atoms with Crippen LogP contribution in [-0.4, -0.2) is 99.1 Å². The lowest BCUT2D eigenvalue weighted by atomic mass is 9.43. The highest BCUT2D eigenvalue weighted by molar-refractivity contribution is 6.07. The van der Waals surface area contributed by atoms with E-state index in [4.69, 9.17) is 28.4 Å². The minimum atomic E-state index is -1.19. The van der Waals surface area contributed by atoms with Gasteiger partial charge in [-0.1, -0.05) is 46.0 Å². The third-order valence-corrected chi connectivity index (χ3v) is 13.9. The molecule has 10 aliphatic rings. The lowest BCUT2D eigenvalue weighted by Crippen LogP contribution is -2.76. The number of aliphatic hydroxyl groups excluding tert-OH is 2. The molecule has 7 heterocycles. The maximum absolute atomic E-state index is 15.4. The van der Waals surface area contributed by atoms with Crippen LogP contribution in [0.1, 0.15) is 106 Å². The Morgan fingerprint density at radius 3 is 1.96 bits per heavy atom. The van der Waals surface area contributed by atoms with Crippen LogP contribution in [0.15, 0.2) is 23.0 Å². The zero-order chi connectivity index (χ0) is 33.8. The molecule has 6 fully saturated rings. The van der Waals surface area contributed by atoms with Crippen LogP contribution in [0.2, 0.25) is 0 Å². The largest absolute Gasteiger partial charge is 0.498 e. The van der Waals surface area contributed by atoms with Crippen LogP contribution >= 0.6 is 0 Å². The second-order valence-corrected chi connectivity index (χ2v) is 17.4. The monoisotopic (exact) mass is 668 g/mol. The van der Waals surface area contributed by atoms with E-state index >= 15 is 4.79 Å². The average molecular weight is 669 g/mol. The molecule has 5 saturated heterocycles. The van der Waals surface area contributed by atoms with E-state index in [1.165, 1.54) is 0 Å². The van der Waals surface area contributed by atoms with E-state index in [1.807, 2.05) is 27.7 Å². The molecule has 0 aromatic heterocycles. The summed E-state index contributed by atoms with van der Waals surface area (Å²) in [4.78, 5) is 30.1. The predicted octanol–water partition coefficient (Wildman–Crippen LogP) is 4.02. The van der Waals surface area contributed by atoms with Crippen LogP contribution in [0.25, 0.3) is 0 Å². The molecule has 0 unspecified atom stereocenters. The first-order chi connectivity index (χ1) is 22.8. The standard InChI is InChI=1S/C38H52O10/c1-7-9-11-13-19-23-24-25(30-37(32(47-37)27(24)41)16-22(40)35(5,6)46-30)31(44-19)38-18(17-43-20(26(23)38)14-12-10-8-2)29-36(33(48-36)28(38)42)15-21(39)34(3,4)45-29/h17,19-23,26,29-33,39-40H,7-16H2,1-6H3/t19-,20-,21-,22-,23-,26+,29-,30+,31+,32-,33-,36+,37+,38+/m0/s1. The van der Waals surface area contributed by atoms with Crippen molar-refractivity contribution >= 4 is 11.6 Å². The van der Waals surface area contributed by atoms with Gasteiger partial charge in [-0.25, -0.2) is 0 Å². The molecule has 264 valence electrons. The number of Topliss-reactive ketones (excluding diaryl/α,β-unsaturated/α-hetero) is 2. The summed E-state index contributed by atoms with van der Waals surface area (Å²) in [5, 5.41) is 22.3. The van der Waals surface area contributed by atoms with Gasteiger partial charge in [0.25, 0.3) is 0 Å². The molecule has 10 rings (SSSR count). The van der Waals surface area contributed by atoms with E-state index in [0.717, 1.165) is 56.9 Å². The first-order valence-corrected chi connectivity index (χ1v) is 18.7. The predicted molar refractivity (Wildman–Crippen MR) is 171 cm³/mol. The van der Waals surface area contributed by atoms with E-state index in [-0.39, 0.29) is 42.5 Å². The minimum Gasteiger partial charge on any atom is -0.498 e. The van der Waals surface area contributed by atoms with Gasteiger partial charge in [-0.3, -0.25) is 9.59 Å². The summed E-state index contributed by atoms with van der Waals surface area (Å²) in [6.07, 6.45) is 4.29. The molecule has 3 spiro atoms. The van der Waals surface area contributed by atoms with Crippen molar-refractivity contribution in [3.63, 3.8) is 0 Å². The Morgan fingerprint density at radius 1 is 0.729 bits per heavy atom. The summed E-state index contributed by atoms with van der Waals surface area (Å²) in [6, 6.07) is 0. The van der Waals surface area contributed by atoms with Crippen LogP contribution in [-0.2, 0) is 38.0 Å². The fourth-order valence-corrected chi connectivity index (χ4v) is 11.2. The molecule has 10 nitrogen and oxygen atoms in total. The van der Waals surface area contributed by atoms with E-state index < -0.39 is 76.5 Å². The van der Waals surface area contributed by atoms with Gasteiger partial charge in [0, 0.05) is 35.8 Å². The smallest absolute Gasteiger partial charge is 0.191 e. The normalized spacial score (nSPS) is 51.2. The molecule has 10 heteroatoms. The lowest BCUT2D eigenvalue weighted by Gasteiger charge is -2.66. The Balaban J connectivity index is 1.25. The minimum absolute atomic E-state index is 0.0488. The Kier molecular flexibility index (Phi) is 6.88. The van der Waals surface area contributed by atoms with Crippen molar-refractivity contribution in [1.82, 2.24) is 0 Å². The number of hydrogen-bond acceptors (Lipinski definition) is 10. The van der Waals surface area contributed by atoms with Crippen molar-refractivity contribution in [1.29, 1.82) is 0 Å². The molecule has 14 atom stereocenters. The second kappa shape index (κ2) is 10.2. The summed E-state index contributed by atoms with van der Waals surface area (Å²) in [5.74, 6) is -0.863. The van der Waals surface area contributed by atoms with Crippen molar-refractivity contribution in [2.45, 2.75) is 183 Å². The van der Waals surface area contributed by atoms with Gasteiger partial charge < -0.3 is 38.6 Å². The van der Waals surface area contributed by atoms with Gasteiger partial charge >= 0.3 is 0 Å². The van der Waals surface area contributed by atoms with Crippen molar-refractivity contribution < 1.29 is 48.2 Å². The molecule has 0 aromatic carbocycles. The molecule has 0 amide bonds. The topological polar surface area (TPSA) is 137 Å². The van der Waals surface area contributed by atoms with Gasteiger partial charge in [0.2, 0.25) is 0 Å². The fourth-order valence-electron chi connectivity index (χ4n) is 11.2. The number of unbranched alkanes of at least 4 members (excludes halogenated alkanes) is 4. The lowest BCUT2D eigenvalue weighted by molar-refractivity contribution is -0.246. The number of hydrogen-bond donors (Lipinski definition) is 2. The van der Waals surface area contributed by atoms with Gasteiger partial charge in [0.05, 0.1) is 47.3 Å². The molecule has 0 aromatic rings. The maximum atomic E-state index is 15.4. The van der Waals surface area contributed by atoms with Crippen LogP contribution in [0.3, 0.4) is 0 Å². The number of carbonyl (C=O) groups is 2.